The molecule has 1 saturated carbocycles. The summed E-state index contributed by atoms with van der Waals surface area (Å²) in [6, 6.07) is 15.8. The van der Waals surface area contributed by atoms with Gasteiger partial charge in [-0.3, -0.25) is 19.2 Å². The maximum absolute atomic E-state index is 13.4. The Morgan fingerprint density at radius 2 is 1.91 bits per heavy atom. The Bertz CT molecular complexity index is 1260. The number of carbonyl (C=O) groups is 2. The number of rotatable bonds is 7. The average Bonchev–Trinajstić information content (AvgIpc) is 3.64. The lowest BCUT2D eigenvalue weighted by Crippen LogP contribution is -2.43. The van der Waals surface area contributed by atoms with Crippen LogP contribution in [0.1, 0.15) is 29.2 Å². The van der Waals surface area contributed by atoms with E-state index in [2.05, 4.69) is 5.32 Å². The molecule has 2 heterocycles. The third kappa shape index (κ3) is 4.60. The van der Waals surface area contributed by atoms with E-state index in [-0.39, 0.29) is 35.4 Å². The Kier molecular flexibility index (Phi) is 6.42. The third-order valence-corrected chi connectivity index (χ3v) is 7.49. The van der Waals surface area contributed by atoms with Crippen molar-refractivity contribution in [1.29, 1.82) is 0 Å². The fraction of sp³-hybridized carbons (Fsp3) is 0.346. The van der Waals surface area contributed by atoms with Crippen LogP contribution in [-0.4, -0.2) is 54.2 Å². The highest BCUT2D eigenvalue weighted by molar-refractivity contribution is 8.00. The number of aryl methyl sites for hydroxylation is 1. The molecule has 1 N–H and O–H groups in total. The van der Waals surface area contributed by atoms with Crippen LogP contribution in [0.25, 0.3) is 11.3 Å². The smallest absolute Gasteiger partial charge is 0.240 e. The Labute approximate surface area is 208 Å². The minimum Gasteiger partial charge on any atom is -0.497 e. The van der Waals surface area contributed by atoms with Crippen molar-refractivity contribution in [2.75, 3.05) is 31.4 Å². The first-order valence-electron chi connectivity index (χ1n) is 11.6. The molecule has 35 heavy (non-hydrogen) atoms. The SMILES string of the molecule is COc1ccc(OC)c([C@H]2SCC(=O)N(CC(=O)NC3CC3)c3c2c(-c2ccccc2)nn3C)c1. The molecule has 3 aromatic rings. The summed E-state index contributed by atoms with van der Waals surface area (Å²) in [5.74, 6) is 1.95. The van der Waals surface area contributed by atoms with E-state index in [1.807, 2.05) is 55.6 Å². The lowest BCUT2D eigenvalue weighted by atomic mass is 9.98. The average molecular weight is 493 g/mol. The zero-order valence-corrected chi connectivity index (χ0v) is 20.8. The van der Waals surface area contributed by atoms with Gasteiger partial charge in [0.2, 0.25) is 11.8 Å². The summed E-state index contributed by atoms with van der Waals surface area (Å²) in [5, 5.41) is 7.59. The summed E-state index contributed by atoms with van der Waals surface area (Å²) in [7, 11) is 5.08. The fourth-order valence-corrected chi connectivity index (χ4v) is 5.65. The molecule has 0 unspecified atom stereocenters. The van der Waals surface area contributed by atoms with Gasteiger partial charge in [0.25, 0.3) is 0 Å². The second kappa shape index (κ2) is 9.65. The van der Waals surface area contributed by atoms with E-state index < -0.39 is 0 Å². The molecule has 182 valence electrons. The lowest BCUT2D eigenvalue weighted by molar-refractivity contribution is -0.123. The van der Waals surface area contributed by atoms with Gasteiger partial charge in [0.15, 0.2) is 0 Å². The molecular weight excluding hydrogens is 464 g/mol. The predicted molar refractivity (Wildman–Crippen MR) is 136 cm³/mol. The molecule has 8 nitrogen and oxygen atoms in total. The summed E-state index contributed by atoms with van der Waals surface area (Å²) in [5.41, 5.74) is 3.47. The van der Waals surface area contributed by atoms with E-state index in [0.29, 0.717) is 17.3 Å². The van der Waals surface area contributed by atoms with Gasteiger partial charge in [0, 0.05) is 29.8 Å². The fourth-order valence-electron chi connectivity index (χ4n) is 4.43. The molecule has 9 heteroatoms. The van der Waals surface area contributed by atoms with Crippen molar-refractivity contribution >= 4 is 29.4 Å². The maximum Gasteiger partial charge on any atom is 0.240 e. The first-order chi connectivity index (χ1) is 17.0. The molecule has 0 spiro atoms. The van der Waals surface area contributed by atoms with Crippen molar-refractivity contribution in [1.82, 2.24) is 15.1 Å². The zero-order chi connectivity index (χ0) is 24.5. The van der Waals surface area contributed by atoms with Crippen LogP contribution in [0.15, 0.2) is 48.5 Å². The van der Waals surface area contributed by atoms with E-state index in [0.717, 1.165) is 35.2 Å². The van der Waals surface area contributed by atoms with E-state index in [1.54, 1.807) is 23.8 Å². The number of amides is 2. The number of methoxy groups -OCH3 is 2. The molecule has 2 aromatic carbocycles. The number of hydrogen-bond donors (Lipinski definition) is 1. The Hall–Kier alpha value is -3.46. The summed E-state index contributed by atoms with van der Waals surface area (Å²) >= 11 is 1.50. The van der Waals surface area contributed by atoms with Crippen LogP contribution in [-0.2, 0) is 16.6 Å². The molecule has 1 aliphatic carbocycles. The van der Waals surface area contributed by atoms with Crippen LogP contribution >= 0.6 is 11.8 Å². The van der Waals surface area contributed by atoms with Crippen LogP contribution in [0.5, 0.6) is 11.5 Å². The third-order valence-electron chi connectivity index (χ3n) is 6.26. The van der Waals surface area contributed by atoms with Crippen molar-refractivity contribution in [3.63, 3.8) is 0 Å². The van der Waals surface area contributed by atoms with Gasteiger partial charge in [0.1, 0.15) is 23.9 Å². The Balaban J connectivity index is 1.69. The molecular formula is C26H28N4O4S. The van der Waals surface area contributed by atoms with Gasteiger partial charge in [-0.1, -0.05) is 30.3 Å². The van der Waals surface area contributed by atoms with Crippen molar-refractivity contribution in [2.45, 2.75) is 24.1 Å². The zero-order valence-electron chi connectivity index (χ0n) is 20.0. The quantitative estimate of drug-likeness (QED) is 0.543. The Morgan fingerprint density at radius 3 is 2.60 bits per heavy atom. The molecule has 0 saturated heterocycles. The number of nitrogens with one attached hydrogen (secondary N) is 1. The standard InChI is InChI=1S/C26H28N4O4S/c1-29-26-23(24(28-29)16-7-5-4-6-8-16)25(19-13-18(33-2)11-12-20(19)34-3)35-15-22(32)30(26)14-21(31)27-17-9-10-17/h4-8,11-13,17,25H,9-10,14-15H2,1-3H3,(H,27,31)/t25-/m1/s1. The van der Waals surface area contributed by atoms with Crippen LogP contribution < -0.4 is 19.7 Å². The molecule has 1 aliphatic heterocycles. The summed E-state index contributed by atoms with van der Waals surface area (Å²) in [6.45, 7) is -0.0430. The number of fused-ring (bicyclic) bond motifs is 1. The molecule has 2 aliphatic rings. The monoisotopic (exact) mass is 492 g/mol. The second-order valence-electron chi connectivity index (χ2n) is 8.70. The van der Waals surface area contributed by atoms with Crippen molar-refractivity contribution in [3.8, 4) is 22.8 Å². The van der Waals surface area contributed by atoms with Gasteiger partial charge < -0.3 is 14.8 Å². The van der Waals surface area contributed by atoms with Gasteiger partial charge in [0.05, 0.1) is 30.9 Å². The van der Waals surface area contributed by atoms with Gasteiger partial charge in [-0.05, 0) is 31.0 Å². The summed E-state index contributed by atoms with van der Waals surface area (Å²) in [4.78, 5) is 27.7. The predicted octanol–water partition coefficient (Wildman–Crippen LogP) is 3.55. The first-order valence-corrected chi connectivity index (χ1v) is 12.6. The molecule has 1 atom stereocenters. The molecule has 0 bridgehead atoms. The van der Waals surface area contributed by atoms with E-state index in [4.69, 9.17) is 14.6 Å². The van der Waals surface area contributed by atoms with E-state index >= 15 is 0 Å². The van der Waals surface area contributed by atoms with Gasteiger partial charge in [-0.15, -0.1) is 11.8 Å². The highest BCUT2D eigenvalue weighted by Gasteiger charge is 2.38. The van der Waals surface area contributed by atoms with Crippen LogP contribution in [0, 0.1) is 0 Å². The van der Waals surface area contributed by atoms with Crippen LogP contribution in [0.2, 0.25) is 0 Å². The van der Waals surface area contributed by atoms with E-state index in [1.165, 1.54) is 11.8 Å². The number of benzene rings is 2. The van der Waals surface area contributed by atoms with E-state index in [9.17, 15) is 9.59 Å². The number of thioether (sulfide) groups is 1. The van der Waals surface area contributed by atoms with Crippen LogP contribution in [0.3, 0.4) is 0 Å². The van der Waals surface area contributed by atoms with Gasteiger partial charge in [-0.25, -0.2) is 0 Å². The highest BCUT2D eigenvalue weighted by atomic mass is 32.2. The minimum atomic E-state index is -0.264. The van der Waals surface area contributed by atoms with Gasteiger partial charge in [-0.2, -0.15) is 5.10 Å². The van der Waals surface area contributed by atoms with Crippen molar-refractivity contribution in [2.24, 2.45) is 7.05 Å². The summed E-state index contributed by atoms with van der Waals surface area (Å²) in [6.07, 6.45) is 1.98. The van der Waals surface area contributed by atoms with Crippen LogP contribution in [0.4, 0.5) is 5.82 Å². The highest BCUT2D eigenvalue weighted by Crippen LogP contribution is 2.50. The largest absolute Gasteiger partial charge is 0.497 e. The number of aromatic nitrogens is 2. The Morgan fingerprint density at radius 1 is 1.14 bits per heavy atom. The van der Waals surface area contributed by atoms with Crippen molar-refractivity contribution < 1.29 is 19.1 Å². The lowest BCUT2D eigenvalue weighted by Gasteiger charge is -2.23. The van der Waals surface area contributed by atoms with Crippen molar-refractivity contribution in [3.05, 3.63) is 59.7 Å². The molecule has 0 radical (unpaired) electrons. The number of ether oxygens (including phenoxy) is 2. The topological polar surface area (TPSA) is 85.7 Å². The molecule has 2 amide bonds. The normalized spacial score (nSPS) is 17.5. The molecule has 1 aromatic heterocycles. The molecule has 5 rings (SSSR count). The maximum atomic E-state index is 13.4. The number of nitrogens with zero attached hydrogens (tertiary/aromatic N) is 3. The summed E-state index contributed by atoms with van der Waals surface area (Å²) < 4.78 is 12.9. The van der Waals surface area contributed by atoms with Gasteiger partial charge >= 0.3 is 0 Å². The second-order valence-corrected chi connectivity index (χ2v) is 9.79. The number of hydrogen-bond acceptors (Lipinski definition) is 6. The number of anilines is 1. The molecule has 1 fully saturated rings. The first kappa shape index (κ1) is 23.3. The number of carbonyl (C=O) groups excluding carboxylic acids is 2. The minimum absolute atomic E-state index is 0.0430.